The molecule has 0 saturated heterocycles. The van der Waals surface area contributed by atoms with E-state index >= 15 is 0 Å². The van der Waals surface area contributed by atoms with Crippen LogP contribution < -0.4 is 0 Å². The van der Waals surface area contributed by atoms with Crippen LogP contribution in [0.3, 0.4) is 0 Å². The lowest BCUT2D eigenvalue weighted by atomic mass is 9.81. The van der Waals surface area contributed by atoms with E-state index in [1.54, 1.807) is 0 Å². The molecule has 122 valence electrons. The predicted molar refractivity (Wildman–Crippen MR) is 82.0 cm³/mol. The number of ether oxygens (including phenoxy) is 1. The molecule has 1 N–H and O–H groups in total. The first-order valence-electron chi connectivity index (χ1n) is 8.37. The molecule has 1 fully saturated rings. The van der Waals surface area contributed by atoms with Crippen LogP contribution in [-0.2, 0) is 14.3 Å². The number of carboxylic acid groups (broad SMARTS) is 1. The van der Waals surface area contributed by atoms with Crippen LogP contribution in [0.5, 0.6) is 0 Å². The SMILES string of the molecule is CCCCC(C)(CCC)OC(=O)C1CCCC(C(=O)O)C1. The second-order valence-corrected chi connectivity index (χ2v) is 6.62. The summed E-state index contributed by atoms with van der Waals surface area (Å²) in [5, 5.41) is 9.12. The highest BCUT2D eigenvalue weighted by atomic mass is 16.6. The predicted octanol–water partition coefficient (Wildman–Crippen LogP) is 4.17. The Hall–Kier alpha value is -1.06. The summed E-state index contributed by atoms with van der Waals surface area (Å²) in [6.45, 7) is 6.24. The Morgan fingerprint density at radius 3 is 2.38 bits per heavy atom. The van der Waals surface area contributed by atoms with Gasteiger partial charge in [-0.1, -0.05) is 33.1 Å². The van der Waals surface area contributed by atoms with Gasteiger partial charge in [-0.05, 0) is 45.4 Å². The van der Waals surface area contributed by atoms with Crippen molar-refractivity contribution < 1.29 is 19.4 Å². The summed E-state index contributed by atoms with van der Waals surface area (Å²) in [6.07, 6.45) is 7.55. The van der Waals surface area contributed by atoms with Crippen molar-refractivity contribution in [2.45, 2.75) is 84.2 Å². The van der Waals surface area contributed by atoms with Crippen molar-refractivity contribution in [3.05, 3.63) is 0 Å². The number of carbonyl (C=O) groups excluding carboxylic acids is 1. The normalized spacial score (nSPS) is 25.1. The van der Waals surface area contributed by atoms with Crippen LogP contribution in [0.2, 0.25) is 0 Å². The fraction of sp³-hybridized carbons (Fsp3) is 0.882. The molecule has 3 atom stereocenters. The van der Waals surface area contributed by atoms with Crippen molar-refractivity contribution in [2.75, 3.05) is 0 Å². The Labute approximate surface area is 128 Å². The molecule has 4 heteroatoms. The lowest BCUT2D eigenvalue weighted by Gasteiger charge is -2.33. The highest BCUT2D eigenvalue weighted by molar-refractivity contribution is 5.75. The van der Waals surface area contributed by atoms with Gasteiger partial charge in [-0.3, -0.25) is 9.59 Å². The zero-order valence-corrected chi connectivity index (χ0v) is 13.7. The highest BCUT2D eigenvalue weighted by Crippen LogP contribution is 2.33. The lowest BCUT2D eigenvalue weighted by molar-refractivity contribution is -0.167. The number of carbonyl (C=O) groups is 2. The molecule has 0 amide bonds. The van der Waals surface area contributed by atoms with Gasteiger partial charge in [0.15, 0.2) is 0 Å². The van der Waals surface area contributed by atoms with Gasteiger partial charge in [-0.15, -0.1) is 0 Å². The average Bonchev–Trinajstić information content (AvgIpc) is 2.45. The van der Waals surface area contributed by atoms with E-state index < -0.39 is 11.6 Å². The van der Waals surface area contributed by atoms with Crippen LogP contribution in [0.25, 0.3) is 0 Å². The third-order valence-corrected chi connectivity index (χ3v) is 4.54. The number of hydrogen-bond acceptors (Lipinski definition) is 3. The molecular formula is C17H30O4. The first-order chi connectivity index (χ1) is 9.91. The van der Waals surface area contributed by atoms with Gasteiger partial charge in [-0.25, -0.2) is 0 Å². The molecule has 1 rings (SSSR count). The van der Waals surface area contributed by atoms with Crippen LogP contribution in [-0.4, -0.2) is 22.6 Å². The number of esters is 1. The number of hydrogen-bond donors (Lipinski definition) is 1. The minimum atomic E-state index is -0.783. The smallest absolute Gasteiger partial charge is 0.309 e. The number of unbranched alkanes of at least 4 members (excludes halogenated alkanes) is 1. The Balaban J connectivity index is 2.61. The quantitative estimate of drug-likeness (QED) is 0.683. The fourth-order valence-corrected chi connectivity index (χ4v) is 3.26. The summed E-state index contributed by atoms with van der Waals surface area (Å²) < 4.78 is 5.82. The van der Waals surface area contributed by atoms with E-state index in [2.05, 4.69) is 13.8 Å². The molecule has 21 heavy (non-hydrogen) atoms. The van der Waals surface area contributed by atoms with Gasteiger partial charge in [0, 0.05) is 0 Å². The largest absolute Gasteiger partial charge is 0.481 e. The fourth-order valence-electron chi connectivity index (χ4n) is 3.26. The molecule has 1 aliphatic carbocycles. The Kier molecular flexibility index (Phi) is 7.20. The summed E-state index contributed by atoms with van der Waals surface area (Å²) in [4.78, 5) is 23.5. The van der Waals surface area contributed by atoms with Gasteiger partial charge < -0.3 is 9.84 Å². The molecule has 0 aromatic heterocycles. The third kappa shape index (κ3) is 5.68. The molecule has 0 aromatic carbocycles. The van der Waals surface area contributed by atoms with Crippen LogP contribution in [0, 0.1) is 11.8 Å². The summed E-state index contributed by atoms with van der Waals surface area (Å²) in [5.41, 5.74) is -0.391. The van der Waals surface area contributed by atoms with E-state index in [4.69, 9.17) is 9.84 Å². The van der Waals surface area contributed by atoms with Gasteiger partial charge in [0.1, 0.15) is 5.60 Å². The Bertz CT molecular complexity index is 353. The van der Waals surface area contributed by atoms with Crippen molar-refractivity contribution >= 4 is 11.9 Å². The van der Waals surface area contributed by atoms with E-state index in [1.807, 2.05) is 6.92 Å². The Morgan fingerprint density at radius 1 is 1.14 bits per heavy atom. The molecule has 0 aliphatic heterocycles. The van der Waals surface area contributed by atoms with Gasteiger partial charge in [0.2, 0.25) is 0 Å². The van der Waals surface area contributed by atoms with Crippen LogP contribution in [0.1, 0.15) is 78.6 Å². The van der Waals surface area contributed by atoms with Crippen molar-refractivity contribution in [2.24, 2.45) is 11.8 Å². The second kappa shape index (κ2) is 8.40. The van der Waals surface area contributed by atoms with Gasteiger partial charge in [0.05, 0.1) is 11.8 Å². The van der Waals surface area contributed by atoms with E-state index in [0.717, 1.165) is 44.9 Å². The van der Waals surface area contributed by atoms with Gasteiger partial charge >= 0.3 is 11.9 Å². The van der Waals surface area contributed by atoms with Crippen LogP contribution in [0.4, 0.5) is 0 Å². The van der Waals surface area contributed by atoms with E-state index in [-0.39, 0.29) is 17.8 Å². The molecule has 4 nitrogen and oxygen atoms in total. The lowest BCUT2D eigenvalue weighted by Crippen LogP contribution is -2.36. The number of carboxylic acids is 1. The molecule has 0 bridgehead atoms. The molecule has 3 unspecified atom stereocenters. The summed E-state index contributed by atoms with van der Waals surface area (Å²) in [6, 6.07) is 0. The maximum absolute atomic E-state index is 12.4. The van der Waals surface area contributed by atoms with Gasteiger partial charge in [0.25, 0.3) is 0 Å². The molecule has 1 aliphatic rings. The van der Waals surface area contributed by atoms with Gasteiger partial charge in [-0.2, -0.15) is 0 Å². The molecule has 0 radical (unpaired) electrons. The summed E-state index contributed by atoms with van der Waals surface area (Å²) in [7, 11) is 0. The second-order valence-electron chi connectivity index (χ2n) is 6.62. The van der Waals surface area contributed by atoms with E-state index in [0.29, 0.717) is 12.8 Å². The van der Waals surface area contributed by atoms with E-state index in [9.17, 15) is 9.59 Å². The van der Waals surface area contributed by atoms with Crippen LogP contribution >= 0.6 is 0 Å². The zero-order chi connectivity index (χ0) is 15.9. The Morgan fingerprint density at radius 2 is 1.81 bits per heavy atom. The van der Waals surface area contributed by atoms with Crippen molar-refractivity contribution in [1.29, 1.82) is 0 Å². The molecule has 0 aromatic rings. The molecule has 1 saturated carbocycles. The van der Waals surface area contributed by atoms with E-state index in [1.165, 1.54) is 0 Å². The highest BCUT2D eigenvalue weighted by Gasteiger charge is 2.35. The standard InChI is InChI=1S/C17H30O4/c1-4-6-11-17(3,10-5-2)21-16(20)14-9-7-8-13(12-14)15(18)19/h13-14H,4-12H2,1-3H3,(H,18,19). The van der Waals surface area contributed by atoms with Crippen LogP contribution in [0.15, 0.2) is 0 Å². The minimum Gasteiger partial charge on any atom is -0.481 e. The zero-order valence-electron chi connectivity index (χ0n) is 13.7. The topological polar surface area (TPSA) is 63.6 Å². The van der Waals surface area contributed by atoms with Crippen molar-refractivity contribution in [3.8, 4) is 0 Å². The molecular weight excluding hydrogens is 268 g/mol. The number of aliphatic carboxylic acids is 1. The third-order valence-electron chi connectivity index (χ3n) is 4.54. The minimum absolute atomic E-state index is 0.187. The maximum Gasteiger partial charge on any atom is 0.309 e. The summed E-state index contributed by atoms with van der Waals surface area (Å²) >= 11 is 0. The average molecular weight is 298 g/mol. The monoisotopic (exact) mass is 298 g/mol. The summed E-state index contributed by atoms with van der Waals surface area (Å²) in [5.74, 6) is -1.59. The first kappa shape index (κ1) is 18.0. The number of rotatable bonds is 8. The first-order valence-corrected chi connectivity index (χ1v) is 8.37. The van der Waals surface area contributed by atoms with Crippen molar-refractivity contribution in [1.82, 2.24) is 0 Å². The molecule has 0 heterocycles. The van der Waals surface area contributed by atoms with Crippen molar-refractivity contribution in [3.63, 3.8) is 0 Å². The molecule has 0 spiro atoms. The maximum atomic E-state index is 12.4.